The number of rotatable bonds is 7. The maximum atomic E-state index is 10.4. The molecule has 0 radical (unpaired) electrons. The standard InChI is InChI=1S/C13H18O5.C6H8O4.C5H10O/c14-7-10-12(16)13(17)11(15)9(18-10)6-8-4-2-1-3-5-8;1-4-5(3-8-2)10-6(7)9-4;1-3-4-5(2)6/h1-5,9-17H,6-7H2;3H2,1-2H3;3-4H2,1-2H3. The van der Waals surface area contributed by atoms with Crippen molar-refractivity contribution in [3.05, 3.63) is 58.0 Å². The second-order valence-electron chi connectivity index (χ2n) is 7.88. The van der Waals surface area contributed by atoms with Crippen LogP contribution in [0.2, 0.25) is 0 Å². The van der Waals surface area contributed by atoms with Gasteiger partial charge in [0, 0.05) is 20.0 Å². The molecule has 3 rings (SSSR count). The number of benzene rings is 1. The predicted octanol–water partition coefficient (Wildman–Crippen LogP) is 1.13. The average molecular weight is 485 g/mol. The minimum absolute atomic E-state index is 0.275. The van der Waals surface area contributed by atoms with Crippen LogP contribution in [0.1, 0.15) is 43.8 Å². The number of carbonyl (C=O) groups excluding carboxylic acids is 1. The normalized spacial score (nSPS) is 23.8. The van der Waals surface area contributed by atoms with E-state index in [1.165, 1.54) is 7.11 Å². The molecule has 10 nitrogen and oxygen atoms in total. The van der Waals surface area contributed by atoms with Gasteiger partial charge in [-0.2, -0.15) is 0 Å². The molecule has 0 amide bonds. The van der Waals surface area contributed by atoms with Crippen molar-refractivity contribution >= 4 is 5.78 Å². The first kappa shape index (κ1) is 29.7. The molecule has 1 fully saturated rings. The summed E-state index contributed by atoms with van der Waals surface area (Å²) in [5.41, 5.74) is 0.960. The Labute approximate surface area is 198 Å². The molecule has 0 aliphatic carbocycles. The van der Waals surface area contributed by atoms with Crippen LogP contribution in [0, 0.1) is 6.92 Å². The topological polar surface area (TPSA) is 160 Å². The van der Waals surface area contributed by atoms with Gasteiger partial charge in [0.05, 0.1) is 12.7 Å². The lowest BCUT2D eigenvalue weighted by molar-refractivity contribution is -0.228. The van der Waals surface area contributed by atoms with Crippen molar-refractivity contribution in [2.75, 3.05) is 13.7 Å². The van der Waals surface area contributed by atoms with Gasteiger partial charge in [0.15, 0.2) is 5.76 Å². The van der Waals surface area contributed by atoms with Crippen molar-refractivity contribution in [1.82, 2.24) is 0 Å². The summed E-state index contributed by atoms with van der Waals surface area (Å²) in [5, 5.41) is 38.2. The maximum Gasteiger partial charge on any atom is 0.519 e. The molecule has 192 valence electrons. The maximum absolute atomic E-state index is 10.4. The number of ketones is 1. The molecule has 0 bridgehead atoms. The molecule has 0 saturated carbocycles. The number of ether oxygens (including phenoxy) is 2. The van der Waals surface area contributed by atoms with Gasteiger partial charge in [-0.15, -0.1) is 0 Å². The molecule has 5 atom stereocenters. The molecule has 10 heteroatoms. The summed E-state index contributed by atoms with van der Waals surface area (Å²) < 4.78 is 19.3. The van der Waals surface area contributed by atoms with Crippen LogP contribution in [0.5, 0.6) is 0 Å². The van der Waals surface area contributed by atoms with Gasteiger partial charge in [0.1, 0.15) is 42.6 Å². The summed E-state index contributed by atoms with van der Waals surface area (Å²) in [4.78, 5) is 20.4. The van der Waals surface area contributed by atoms with Gasteiger partial charge in [-0.3, -0.25) is 0 Å². The minimum Gasteiger partial charge on any atom is -0.396 e. The fourth-order valence-corrected chi connectivity index (χ4v) is 3.18. The first-order valence-electron chi connectivity index (χ1n) is 11.1. The van der Waals surface area contributed by atoms with E-state index in [1.807, 2.05) is 37.3 Å². The third-order valence-corrected chi connectivity index (χ3v) is 4.98. The molecular weight excluding hydrogens is 448 g/mol. The predicted molar refractivity (Wildman–Crippen MR) is 122 cm³/mol. The summed E-state index contributed by atoms with van der Waals surface area (Å²) in [6.07, 6.45) is -3.10. The Morgan fingerprint density at radius 2 is 1.65 bits per heavy atom. The molecule has 1 aliphatic rings. The van der Waals surface area contributed by atoms with E-state index >= 15 is 0 Å². The largest absolute Gasteiger partial charge is 0.519 e. The zero-order chi connectivity index (χ0) is 25.7. The van der Waals surface area contributed by atoms with E-state index in [-0.39, 0.29) is 12.4 Å². The van der Waals surface area contributed by atoms with Crippen molar-refractivity contribution in [3.63, 3.8) is 0 Å². The SMILES string of the molecule is CCCC(C)=O.COCc1oc(=O)oc1C.OCC1OC(Cc2ccccc2)C(O)C(O)C1O. The fourth-order valence-electron chi connectivity index (χ4n) is 3.18. The number of aryl methyl sites for hydroxylation is 1. The summed E-state index contributed by atoms with van der Waals surface area (Å²) in [6, 6.07) is 9.42. The van der Waals surface area contributed by atoms with Crippen molar-refractivity contribution in [2.45, 2.75) is 77.2 Å². The number of carbonyl (C=O) groups is 1. The first-order valence-corrected chi connectivity index (χ1v) is 11.1. The molecule has 2 heterocycles. The monoisotopic (exact) mass is 484 g/mol. The van der Waals surface area contributed by atoms with Crippen LogP contribution < -0.4 is 5.82 Å². The number of hydrogen-bond donors (Lipinski definition) is 4. The van der Waals surface area contributed by atoms with E-state index in [4.69, 9.17) is 14.6 Å². The smallest absolute Gasteiger partial charge is 0.396 e. The van der Waals surface area contributed by atoms with Crippen molar-refractivity contribution < 1.29 is 43.5 Å². The molecule has 5 unspecified atom stereocenters. The van der Waals surface area contributed by atoms with E-state index in [1.54, 1.807) is 13.8 Å². The average Bonchev–Trinajstić information content (AvgIpc) is 3.12. The van der Waals surface area contributed by atoms with Gasteiger partial charge in [0.2, 0.25) is 0 Å². The number of aliphatic hydroxyl groups excluding tert-OH is 4. The van der Waals surface area contributed by atoms with Crippen molar-refractivity contribution in [3.8, 4) is 0 Å². The van der Waals surface area contributed by atoms with Crippen LogP contribution in [0.25, 0.3) is 0 Å². The molecular formula is C24H36O10. The summed E-state index contributed by atoms with van der Waals surface area (Å²) in [7, 11) is 1.52. The van der Waals surface area contributed by atoms with Gasteiger partial charge >= 0.3 is 5.82 Å². The Balaban J connectivity index is 0.000000303. The van der Waals surface area contributed by atoms with Crippen LogP contribution in [0.3, 0.4) is 0 Å². The fraction of sp³-hybridized carbons (Fsp3) is 0.583. The highest BCUT2D eigenvalue weighted by Crippen LogP contribution is 2.23. The van der Waals surface area contributed by atoms with Crippen LogP contribution in [0.15, 0.2) is 44.0 Å². The molecule has 4 N–H and O–H groups in total. The lowest BCUT2D eigenvalue weighted by atomic mass is 9.92. The highest BCUT2D eigenvalue weighted by molar-refractivity contribution is 5.75. The second-order valence-corrected chi connectivity index (χ2v) is 7.88. The van der Waals surface area contributed by atoms with Crippen molar-refractivity contribution in [1.29, 1.82) is 0 Å². The van der Waals surface area contributed by atoms with E-state index in [2.05, 4.69) is 8.83 Å². The number of hydrogen-bond acceptors (Lipinski definition) is 10. The summed E-state index contributed by atoms with van der Waals surface area (Å²) in [5.74, 6) is 0.543. The van der Waals surface area contributed by atoms with E-state index in [0.717, 1.165) is 18.4 Å². The molecule has 2 aromatic rings. The van der Waals surface area contributed by atoms with Crippen LogP contribution in [0.4, 0.5) is 0 Å². The van der Waals surface area contributed by atoms with Gasteiger partial charge in [-0.1, -0.05) is 37.3 Å². The Morgan fingerprint density at radius 3 is 2.09 bits per heavy atom. The Kier molecular flexibility index (Phi) is 13.6. The minimum atomic E-state index is -1.30. The van der Waals surface area contributed by atoms with Gasteiger partial charge in [0.25, 0.3) is 0 Å². The third-order valence-electron chi connectivity index (χ3n) is 4.98. The zero-order valence-corrected chi connectivity index (χ0v) is 20.0. The number of Topliss-reactive ketones (excluding diaryl/α,β-unsaturated/α-hetero) is 1. The van der Waals surface area contributed by atoms with Gasteiger partial charge in [-0.05, 0) is 25.8 Å². The molecule has 1 aliphatic heterocycles. The molecule has 1 aromatic carbocycles. The molecule has 1 aromatic heterocycles. The van der Waals surface area contributed by atoms with Crippen LogP contribution in [-0.2, 0) is 27.3 Å². The van der Waals surface area contributed by atoms with E-state index in [0.29, 0.717) is 17.9 Å². The number of methoxy groups -OCH3 is 1. The zero-order valence-electron chi connectivity index (χ0n) is 20.0. The van der Waals surface area contributed by atoms with Gasteiger partial charge < -0.3 is 43.5 Å². The van der Waals surface area contributed by atoms with Crippen LogP contribution in [-0.4, -0.2) is 70.4 Å². The van der Waals surface area contributed by atoms with E-state index in [9.17, 15) is 24.9 Å². The van der Waals surface area contributed by atoms with E-state index < -0.39 is 42.9 Å². The molecule has 34 heavy (non-hydrogen) atoms. The second kappa shape index (κ2) is 15.5. The lowest BCUT2D eigenvalue weighted by Crippen LogP contribution is -2.58. The number of aliphatic hydroxyl groups is 4. The quantitative estimate of drug-likeness (QED) is 0.449. The lowest BCUT2D eigenvalue weighted by Gasteiger charge is -2.40. The highest BCUT2D eigenvalue weighted by Gasteiger charge is 2.43. The Bertz CT molecular complexity index is 873. The third kappa shape index (κ3) is 9.88. The van der Waals surface area contributed by atoms with Crippen molar-refractivity contribution in [2.24, 2.45) is 0 Å². The van der Waals surface area contributed by atoms with Crippen LogP contribution >= 0.6 is 0 Å². The first-order chi connectivity index (χ1) is 16.1. The molecule has 1 saturated heterocycles. The summed E-state index contributed by atoms with van der Waals surface area (Å²) >= 11 is 0. The highest BCUT2D eigenvalue weighted by atomic mass is 16.6. The Hall–Kier alpha value is -2.34. The Morgan fingerprint density at radius 1 is 1.03 bits per heavy atom. The van der Waals surface area contributed by atoms with Gasteiger partial charge in [-0.25, -0.2) is 4.79 Å². The molecule has 0 spiro atoms. The summed E-state index contributed by atoms with van der Waals surface area (Å²) in [6.45, 7) is 5.15.